The predicted octanol–water partition coefficient (Wildman–Crippen LogP) is 3.81. The number of rotatable bonds is 4. The average Bonchev–Trinajstić information content (AvgIpc) is 3.29. The first-order chi connectivity index (χ1) is 14.0. The van der Waals surface area contributed by atoms with Gasteiger partial charge in [-0.15, -0.1) is 23.5 Å². The number of hydrogen-bond donors (Lipinski definition) is 3. The van der Waals surface area contributed by atoms with Crippen molar-refractivity contribution in [1.29, 1.82) is 0 Å². The highest BCUT2D eigenvalue weighted by molar-refractivity contribution is 8.00. The van der Waals surface area contributed by atoms with Gasteiger partial charge in [-0.3, -0.25) is 9.11 Å². The standard InChI is InChI=1S/2C9H11NO3S2.H3N/c2*1-2-10-6-14-9-5-7(15(11,12)13)3-4-8(9)10;/h2*3-5H,2,6H2,1H3,(H,11,12,13);1H3. The molecule has 9 nitrogen and oxygen atoms in total. The van der Waals surface area contributed by atoms with Gasteiger partial charge in [0.05, 0.1) is 32.9 Å². The largest absolute Gasteiger partial charge is 0.361 e. The minimum Gasteiger partial charge on any atom is -0.361 e. The molecule has 31 heavy (non-hydrogen) atoms. The fourth-order valence-corrected chi connectivity index (χ4v) is 6.53. The summed E-state index contributed by atoms with van der Waals surface area (Å²) in [4.78, 5) is 6.04. The van der Waals surface area contributed by atoms with E-state index in [0.29, 0.717) is 0 Å². The average molecular weight is 508 g/mol. The highest BCUT2D eigenvalue weighted by Crippen LogP contribution is 2.40. The zero-order valence-electron chi connectivity index (χ0n) is 17.1. The van der Waals surface area contributed by atoms with E-state index < -0.39 is 20.2 Å². The fourth-order valence-electron chi connectivity index (χ4n) is 3.02. The van der Waals surface area contributed by atoms with Crippen LogP contribution in [-0.4, -0.2) is 50.8 Å². The highest BCUT2D eigenvalue weighted by Gasteiger charge is 2.22. The van der Waals surface area contributed by atoms with E-state index in [0.717, 1.165) is 46.0 Å². The van der Waals surface area contributed by atoms with Gasteiger partial charge < -0.3 is 16.0 Å². The zero-order chi connectivity index (χ0) is 22.1. The number of benzene rings is 2. The Morgan fingerprint density at radius 3 is 1.42 bits per heavy atom. The molecule has 0 bridgehead atoms. The van der Waals surface area contributed by atoms with Gasteiger partial charge in [0.2, 0.25) is 0 Å². The summed E-state index contributed by atoms with van der Waals surface area (Å²) >= 11 is 3.16. The molecule has 5 N–H and O–H groups in total. The van der Waals surface area contributed by atoms with E-state index in [1.165, 1.54) is 24.3 Å². The molecule has 0 amide bonds. The summed E-state index contributed by atoms with van der Waals surface area (Å²) in [5.74, 6) is 1.67. The van der Waals surface area contributed by atoms with Crippen molar-refractivity contribution in [3.63, 3.8) is 0 Å². The van der Waals surface area contributed by atoms with Gasteiger partial charge in [0.1, 0.15) is 0 Å². The van der Waals surface area contributed by atoms with E-state index in [-0.39, 0.29) is 15.9 Å². The lowest BCUT2D eigenvalue weighted by atomic mass is 10.3. The van der Waals surface area contributed by atoms with E-state index in [4.69, 9.17) is 9.11 Å². The normalized spacial score (nSPS) is 15.0. The maximum Gasteiger partial charge on any atom is 0.294 e. The third kappa shape index (κ3) is 5.86. The van der Waals surface area contributed by atoms with Crippen LogP contribution in [0.2, 0.25) is 0 Å². The molecule has 0 atom stereocenters. The lowest BCUT2D eigenvalue weighted by molar-refractivity contribution is 0.480. The van der Waals surface area contributed by atoms with Crippen molar-refractivity contribution in [2.45, 2.75) is 33.4 Å². The van der Waals surface area contributed by atoms with Gasteiger partial charge in [0.15, 0.2) is 0 Å². The van der Waals surface area contributed by atoms with Crippen molar-refractivity contribution in [2.75, 3.05) is 34.6 Å². The molecule has 0 spiro atoms. The second kappa shape index (κ2) is 9.98. The minimum atomic E-state index is -4.08. The Morgan fingerprint density at radius 2 is 1.13 bits per heavy atom. The van der Waals surface area contributed by atoms with Crippen LogP contribution < -0.4 is 16.0 Å². The molecule has 0 aromatic heterocycles. The summed E-state index contributed by atoms with van der Waals surface area (Å²) in [6.45, 7) is 5.88. The van der Waals surface area contributed by atoms with Crippen molar-refractivity contribution in [1.82, 2.24) is 6.15 Å². The second-order valence-electron chi connectivity index (χ2n) is 6.47. The number of nitrogens with zero attached hydrogens (tertiary/aromatic N) is 2. The van der Waals surface area contributed by atoms with Crippen molar-refractivity contribution in [2.24, 2.45) is 0 Å². The summed E-state index contributed by atoms with van der Waals surface area (Å²) < 4.78 is 61.5. The van der Waals surface area contributed by atoms with Gasteiger partial charge in [0.25, 0.3) is 20.2 Å². The van der Waals surface area contributed by atoms with E-state index in [1.807, 2.05) is 13.8 Å². The molecule has 2 aliphatic rings. The van der Waals surface area contributed by atoms with Crippen LogP contribution in [-0.2, 0) is 20.2 Å². The van der Waals surface area contributed by atoms with E-state index in [2.05, 4.69) is 9.80 Å². The van der Waals surface area contributed by atoms with Crippen LogP contribution in [0.3, 0.4) is 0 Å². The Labute approximate surface area is 191 Å². The molecule has 2 heterocycles. The monoisotopic (exact) mass is 507 g/mol. The van der Waals surface area contributed by atoms with Crippen LogP contribution in [0.15, 0.2) is 56.0 Å². The smallest absolute Gasteiger partial charge is 0.294 e. The van der Waals surface area contributed by atoms with Crippen molar-refractivity contribution in [3.8, 4) is 0 Å². The first-order valence-electron chi connectivity index (χ1n) is 9.03. The summed E-state index contributed by atoms with van der Waals surface area (Å²) in [5, 5.41) is 0. The van der Waals surface area contributed by atoms with Crippen LogP contribution in [0.25, 0.3) is 0 Å². The van der Waals surface area contributed by atoms with Crippen LogP contribution >= 0.6 is 23.5 Å². The van der Waals surface area contributed by atoms with Crippen LogP contribution in [0.5, 0.6) is 0 Å². The Kier molecular flexibility index (Phi) is 8.30. The van der Waals surface area contributed by atoms with Crippen molar-refractivity contribution < 1.29 is 25.9 Å². The summed E-state index contributed by atoms with van der Waals surface area (Å²) in [6, 6.07) is 9.38. The Balaban J connectivity index is 0.000000213. The molecule has 0 fully saturated rings. The molecule has 0 saturated carbocycles. The van der Waals surface area contributed by atoms with Crippen LogP contribution in [0, 0.1) is 0 Å². The molecule has 0 aliphatic carbocycles. The summed E-state index contributed by atoms with van der Waals surface area (Å²) in [7, 11) is -8.16. The molecule has 2 aliphatic heterocycles. The maximum absolute atomic E-state index is 10.9. The predicted molar refractivity (Wildman–Crippen MR) is 125 cm³/mol. The van der Waals surface area contributed by atoms with Crippen LogP contribution in [0.4, 0.5) is 11.4 Å². The van der Waals surface area contributed by atoms with Crippen LogP contribution in [0.1, 0.15) is 13.8 Å². The molecule has 13 heteroatoms. The number of fused-ring (bicyclic) bond motifs is 2. The third-order valence-corrected chi connectivity index (χ3v) is 8.51. The summed E-state index contributed by atoms with van der Waals surface area (Å²) in [5.41, 5.74) is 2.07. The topological polar surface area (TPSA) is 150 Å². The molecule has 4 rings (SSSR count). The van der Waals surface area contributed by atoms with Gasteiger partial charge in [-0.1, -0.05) is 0 Å². The molecule has 0 unspecified atom stereocenters. The van der Waals surface area contributed by atoms with Gasteiger partial charge in [-0.2, -0.15) is 16.8 Å². The van der Waals surface area contributed by atoms with Gasteiger partial charge in [-0.05, 0) is 50.2 Å². The molecule has 172 valence electrons. The Bertz CT molecular complexity index is 1060. The second-order valence-corrected chi connectivity index (χ2v) is 11.3. The molecular weight excluding hydrogens is 482 g/mol. The van der Waals surface area contributed by atoms with Crippen molar-refractivity contribution >= 4 is 55.1 Å². The molecular formula is C18H25N3O6S4. The highest BCUT2D eigenvalue weighted by atomic mass is 32.2. The number of thioether (sulfide) groups is 2. The molecule has 0 saturated heterocycles. The van der Waals surface area contributed by atoms with E-state index >= 15 is 0 Å². The first kappa shape index (κ1) is 25.8. The zero-order valence-corrected chi connectivity index (χ0v) is 20.3. The first-order valence-corrected chi connectivity index (χ1v) is 13.9. The van der Waals surface area contributed by atoms with Crippen molar-refractivity contribution in [3.05, 3.63) is 36.4 Å². The Hall–Kier alpha value is -1.48. The molecule has 0 radical (unpaired) electrons. The maximum atomic E-state index is 10.9. The van der Waals surface area contributed by atoms with E-state index in [1.54, 1.807) is 35.7 Å². The number of anilines is 2. The molecule has 2 aromatic carbocycles. The quantitative estimate of drug-likeness (QED) is 0.518. The van der Waals surface area contributed by atoms with Gasteiger partial charge in [-0.25, -0.2) is 0 Å². The number of hydrogen-bond acceptors (Lipinski definition) is 9. The fraction of sp³-hybridized carbons (Fsp3) is 0.333. The van der Waals surface area contributed by atoms with Gasteiger partial charge in [0, 0.05) is 22.9 Å². The third-order valence-electron chi connectivity index (χ3n) is 4.65. The minimum absolute atomic E-state index is 0. The lowest BCUT2D eigenvalue weighted by Crippen LogP contribution is -2.17. The Morgan fingerprint density at radius 1 is 0.774 bits per heavy atom. The van der Waals surface area contributed by atoms with Gasteiger partial charge >= 0.3 is 0 Å². The van der Waals surface area contributed by atoms with E-state index in [9.17, 15) is 16.8 Å². The molecule has 2 aromatic rings. The SMILES string of the molecule is CCN1CSc2cc(S(=O)(=O)O)ccc21.CCN1CSc2cc(S(=O)(=O)O)ccc21.N. The summed E-state index contributed by atoms with van der Waals surface area (Å²) in [6.07, 6.45) is 0. The lowest BCUT2D eigenvalue weighted by Gasteiger charge is -2.15.